The SMILES string of the molecule is ClC1=C(C(Cl)(Cl)Cl)CCC1. The summed E-state index contributed by atoms with van der Waals surface area (Å²) in [5.41, 5.74) is 0.763. The third-order valence-electron chi connectivity index (χ3n) is 1.49. The van der Waals surface area contributed by atoms with Crippen molar-refractivity contribution in [2.24, 2.45) is 0 Å². The molecule has 10 heavy (non-hydrogen) atoms. The standard InChI is InChI=1S/C6H6Cl4/c7-5-3-1-2-4(5)6(8,9)10/h1-3H2. The van der Waals surface area contributed by atoms with Gasteiger partial charge in [0.15, 0.2) is 0 Å². The van der Waals surface area contributed by atoms with E-state index in [2.05, 4.69) is 0 Å². The molecule has 0 atom stereocenters. The molecule has 1 rings (SSSR count). The van der Waals surface area contributed by atoms with Gasteiger partial charge in [-0.15, -0.1) is 0 Å². The lowest BCUT2D eigenvalue weighted by Gasteiger charge is -2.12. The maximum absolute atomic E-state index is 5.79. The summed E-state index contributed by atoms with van der Waals surface area (Å²) >= 11 is 22.7. The Hall–Kier alpha value is 0.900. The minimum Gasteiger partial charge on any atom is -0.0890 e. The first-order chi connectivity index (χ1) is 4.52. The van der Waals surface area contributed by atoms with Crippen LogP contribution in [0.2, 0.25) is 0 Å². The largest absolute Gasteiger partial charge is 0.213 e. The smallest absolute Gasteiger partial charge is 0.0890 e. The second-order valence-corrected chi connectivity index (χ2v) is 4.97. The summed E-state index contributed by atoms with van der Waals surface area (Å²) in [6, 6.07) is 0. The molecule has 0 saturated carbocycles. The van der Waals surface area contributed by atoms with Gasteiger partial charge in [-0.1, -0.05) is 46.4 Å². The molecule has 0 aromatic heterocycles. The van der Waals surface area contributed by atoms with Gasteiger partial charge in [0.2, 0.25) is 3.79 Å². The van der Waals surface area contributed by atoms with Gasteiger partial charge in [0.05, 0.1) is 0 Å². The highest BCUT2D eigenvalue weighted by Crippen LogP contribution is 2.44. The van der Waals surface area contributed by atoms with Crippen molar-refractivity contribution in [1.29, 1.82) is 0 Å². The monoisotopic (exact) mass is 218 g/mol. The molecule has 0 amide bonds. The normalized spacial score (nSPS) is 20.4. The van der Waals surface area contributed by atoms with Gasteiger partial charge in [0.1, 0.15) is 0 Å². The van der Waals surface area contributed by atoms with Gasteiger partial charge >= 0.3 is 0 Å². The van der Waals surface area contributed by atoms with Crippen LogP contribution in [0.25, 0.3) is 0 Å². The van der Waals surface area contributed by atoms with E-state index < -0.39 is 3.79 Å². The minimum absolute atomic E-state index is 0.722. The maximum atomic E-state index is 5.79. The Morgan fingerprint density at radius 2 is 1.70 bits per heavy atom. The van der Waals surface area contributed by atoms with Gasteiger partial charge in [-0.2, -0.15) is 0 Å². The Labute approximate surface area is 80.1 Å². The van der Waals surface area contributed by atoms with Gasteiger partial charge in [0, 0.05) is 5.03 Å². The summed E-state index contributed by atoms with van der Waals surface area (Å²) in [4.78, 5) is 0. The lowest BCUT2D eigenvalue weighted by atomic mass is 10.3. The molecule has 0 saturated heterocycles. The van der Waals surface area contributed by atoms with Gasteiger partial charge in [-0.05, 0) is 24.8 Å². The molecule has 0 N–H and O–H groups in total. The zero-order chi connectivity index (χ0) is 7.78. The van der Waals surface area contributed by atoms with E-state index in [0.717, 1.165) is 29.9 Å². The van der Waals surface area contributed by atoms with Crippen molar-refractivity contribution in [3.05, 3.63) is 10.6 Å². The van der Waals surface area contributed by atoms with Gasteiger partial charge in [0.25, 0.3) is 0 Å². The molecule has 1 aliphatic rings. The van der Waals surface area contributed by atoms with Crippen molar-refractivity contribution < 1.29 is 0 Å². The van der Waals surface area contributed by atoms with Gasteiger partial charge in [-0.25, -0.2) is 0 Å². The van der Waals surface area contributed by atoms with Crippen molar-refractivity contribution in [2.45, 2.75) is 23.1 Å². The van der Waals surface area contributed by atoms with Crippen LogP contribution in [0.15, 0.2) is 10.6 Å². The lowest BCUT2D eigenvalue weighted by molar-refractivity contribution is 0.893. The quantitative estimate of drug-likeness (QED) is 0.540. The average Bonchev–Trinajstić information content (AvgIpc) is 2.11. The highest BCUT2D eigenvalue weighted by molar-refractivity contribution is 6.69. The van der Waals surface area contributed by atoms with E-state index >= 15 is 0 Å². The van der Waals surface area contributed by atoms with Crippen LogP contribution >= 0.6 is 46.4 Å². The lowest BCUT2D eigenvalue weighted by Crippen LogP contribution is -2.05. The van der Waals surface area contributed by atoms with E-state index in [-0.39, 0.29) is 0 Å². The van der Waals surface area contributed by atoms with Gasteiger partial charge in [-0.3, -0.25) is 0 Å². The van der Waals surface area contributed by atoms with Crippen LogP contribution in [0.3, 0.4) is 0 Å². The van der Waals surface area contributed by atoms with E-state index in [1.165, 1.54) is 0 Å². The molecule has 0 nitrogen and oxygen atoms in total. The zero-order valence-corrected chi connectivity index (χ0v) is 8.16. The first kappa shape index (κ1) is 8.99. The summed E-state index contributed by atoms with van der Waals surface area (Å²) < 4.78 is -1.28. The Bertz CT molecular complexity index is 165. The Morgan fingerprint density at radius 1 is 1.10 bits per heavy atom. The number of rotatable bonds is 0. The first-order valence-corrected chi connectivity index (χ1v) is 4.47. The molecule has 0 heterocycles. The van der Waals surface area contributed by atoms with E-state index in [0.29, 0.717) is 0 Å². The van der Waals surface area contributed by atoms with Gasteiger partial charge < -0.3 is 0 Å². The third-order valence-corrected chi connectivity index (χ3v) is 2.59. The summed E-state index contributed by atoms with van der Waals surface area (Å²) in [6.45, 7) is 0. The molecule has 0 bridgehead atoms. The fraction of sp³-hybridized carbons (Fsp3) is 0.667. The van der Waals surface area contributed by atoms with E-state index in [4.69, 9.17) is 46.4 Å². The van der Waals surface area contributed by atoms with Crippen molar-refractivity contribution in [1.82, 2.24) is 0 Å². The molecule has 0 unspecified atom stereocenters. The summed E-state index contributed by atoms with van der Waals surface area (Å²) in [5, 5.41) is 0.722. The molecule has 0 spiro atoms. The Morgan fingerprint density at radius 3 is 1.90 bits per heavy atom. The molecule has 1 aliphatic carbocycles. The van der Waals surface area contributed by atoms with E-state index in [9.17, 15) is 0 Å². The number of allylic oxidation sites excluding steroid dienone is 2. The van der Waals surface area contributed by atoms with Crippen molar-refractivity contribution in [3.8, 4) is 0 Å². The second kappa shape index (κ2) is 3.10. The molecule has 0 radical (unpaired) electrons. The number of hydrogen-bond acceptors (Lipinski definition) is 0. The van der Waals surface area contributed by atoms with Crippen LogP contribution in [-0.4, -0.2) is 3.79 Å². The number of halogens is 4. The average molecular weight is 220 g/mol. The molecule has 0 aliphatic heterocycles. The Balaban J connectivity index is 2.81. The second-order valence-electron chi connectivity index (χ2n) is 2.23. The minimum atomic E-state index is -1.28. The maximum Gasteiger partial charge on any atom is 0.213 e. The fourth-order valence-electron chi connectivity index (χ4n) is 1.00. The highest BCUT2D eigenvalue weighted by Gasteiger charge is 2.30. The van der Waals surface area contributed by atoms with Crippen LogP contribution in [-0.2, 0) is 0 Å². The molecule has 58 valence electrons. The van der Waals surface area contributed by atoms with E-state index in [1.807, 2.05) is 0 Å². The molecular weight excluding hydrogens is 214 g/mol. The number of hydrogen-bond donors (Lipinski definition) is 0. The molecular formula is C6H6Cl4. The summed E-state index contributed by atoms with van der Waals surface area (Å²) in [7, 11) is 0. The molecule has 0 fully saturated rings. The van der Waals surface area contributed by atoms with E-state index in [1.54, 1.807) is 0 Å². The van der Waals surface area contributed by atoms with Crippen LogP contribution in [0.5, 0.6) is 0 Å². The first-order valence-electron chi connectivity index (χ1n) is 2.96. The van der Waals surface area contributed by atoms with Crippen LogP contribution in [0.4, 0.5) is 0 Å². The summed E-state index contributed by atoms with van der Waals surface area (Å²) in [5.74, 6) is 0. The van der Waals surface area contributed by atoms with Crippen LogP contribution < -0.4 is 0 Å². The Kier molecular flexibility index (Phi) is 2.79. The van der Waals surface area contributed by atoms with Crippen LogP contribution in [0.1, 0.15) is 19.3 Å². The molecule has 0 aromatic carbocycles. The van der Waals surface area contributed by atoms with Crippen molar-refractivity contribution >= 4 is 46.4 Å². The number of alkyl halides is 3. The molecule has 4 heteroatoms. The predicted molar refractivity (Wildman–Crippen MR) is 47.0 cm³/mol. The summed E-state index contributed by atoms with van der Waals surface area (Å²) in [6.07, 6.45) is 2.67. The van der Waals surface area contributed by atoms with Crippen molar-refractivity contribution in [3.63, 3.8) is 0 Å². The highest BCUT2D eigenvalue weighted by atomic mass is 35.6. The third kappa shape index (κ3) is 1.94. The van der Waals surface area contributed by atoms with Crippen molar-refractivity contribution in [2.75, 3.05) is 0 Å². The molecule has 0 aromatic rings. The topological polar surface area (TPSA) is 0 Å². The van der Waals surface area contributed by atoms with Crippen LogP contribution in [0, 0.1) is 0 Å². The zero-order valence-electron chi connectivity index (χ0n) is 5.13. The predicted octanol–water partition coefficient (Wildman–Crippen LogP) is 4.03. The fourth-order valence-corrected chi connectivity index (χ4v) is 2.14.